The number of hydrogen-bond donors (Lipinski definition) is 1. The summed E-state index contributed by atoms with van der Waals surface area (Å²) in [5.41, 5.74) is 4.80. The van der Waals surface area contributed by atoms with Crippen LogP contribution in [0.1, 0.15) is 66.7 Å². The molecule has 0 radical (unpaired) electrons. The molecule has 1 heterocycles. The molecule has 0 saturated heterocycles. The summed E-state index contributed by atoms with van der Waals surface area (Å²) in [5.74, 6) is 0.797. The number of amides is 1. The van der Waals surface area contributed by atoms with E-state index in [-0.39, 0.29) is 34.1 Å². The summed E-state index contributed by atoms with van der Waals surface area (Å²) in [7, 11) is -1.78. The molecule has 3 atom stereocenters. The number of carbonyl (C=O) groups excluding carboxylic acids is 1. The van der Waals surface area contributed by atoms with Crippen molar-refractivity contribution >= 4 is 21.6 Å². The van der Waals surface area contributed by atoms with Crippen LogP contribution >= 0.6 is 0 Å². The molecule has 1 fully saturated rings. The minimum Gasteiger partial charge on any atom is -0.337 e. The molecule has 7 nitrogen and oxygen atoms in total. The van der Waals surface area contributed by atoms with Crippen LogP contribution in [0.5, 0.6) is 0 Å². The van der Waals surface area contributed by atoms with Gasteiger partial charge in [0.1, 0.15) is 5.82 Å². The van der Waals surface area contributed by atoms with E-state index in [1.54, 1.807) is 18.3 Å². The van der Waals surface area contributed by atoms with E-state index in [0.29, 0.717) is 13.0 Å². The number of fused-ring (bicyclic) bond motifs is 1. The van der Waals surface area contributed by atoms with Crippen molar-refractivity contribution in [2.45, 2.75) is 63.4 Å². The Bertz CT molecular complexity index is 1710. The van der Waals surface area contributed by atoms with Gasteiger partial charge in [-0.15, -0.1) is 0 Å². The van der Waals surface area contributed by atoms with Crippen molar-refractivity contribution in [2.75, 3.05) is 4.90 Å². The Balaban J connectivity index is 1.35. The highest BCUT2D eigenvalue weighted by atomic mass is 32.2. The molecule has 1 N–H and O–H groups in total. The van der Waals surface area contributed by atoms with Gasteiger partial charge in [0.05, 0.1) is 17.4 Å². The van der Waals surface area contributed by atoms with E-state index in [2.05, 4.69) is 41.8 Å². The smallest absolute Gasteiger partial charge is 0.241 e. The molecular weight excluding hydrogens is 544 g/mol. The maximum absolute atomic E-state index is 14.4. The first kappa shape index (κ1) is 28.4. The van der Waals surface area contributed by atoms with Gasteiger partial charge in [-0.2, -0.15) is 0 Å². The number of aromatic nitrogens is 2. The largest absolute Gasteiger partial charge is 0.337 e. The van der Waals surface area contributed by atoms with Gasteiger partial charge in [0.25, 0.3) is 0 Å². The first-order valence-corrected chi connectivity index (χ1v) is 16.1. The van der Waals surface area contributed by atoms with Crippen molar-refractivity contribution < 1.29 is 13.2 Å². The fourth-order valence-electron chi connectivity index (χ4n) is 6.59. The van der Waals surface area contributed by atoms with E-state index >= 15 is 0 Å². The van der Waals surface area contributed by atoms with Gasteiger partial charge in [0.2, 0.25) is 15.9 Å². The van der Waals surface area contributed by atoms with Gasteiger partial charge in [-0.1, -0.05) is 67.9 Å². The van der Waals surface area contributed by atoms with E-state index in [1.807, 2.05) is 72.1 Å². The summed E-state index contributed by atoms with van der Waals surface area (Å²) in [6.07, 6.45) is 6.08. The Morgan fingerprint density at radius 3 is 2.50 bits per heavy atom. The van der Waals surface area contributed by atoms with Gasteiger partial charge in [0, 0.05) is 37.1 Å². The quantitative estimate of drug-likeness (QED) is 0.274. The zero-order valence-electron chi connectivity index (χ0n) is 24.6. The van der Waals surface area contributed by atoms with Crippen molar-refractivity contribution in [2.24, 2.45) is 18.4 Å². The molecule has 2 aliphatic rings. The van der Waals surface area contributed by atoms with Crippen LogP contribution in [0.25, 0.3) is 0 Å². The van der Waals surface area contributed by atoms with Crippen molar-refractivity contribution in [3.8, 4) is 0 Å². The number of anilines is 1. The average Bonchev–Trinajstić information content (AvgIpc) is 3.32. The second kappa shape index (κ2) is 10.8. The molecule has 2 aliphatic carbocycles. The first-order valence-electron chi connectivity index (χ1n) is 14.6. The zero-order chi connectivity index (χ0) is 29.6. The third-order valence-electron chi connectivity index (χ3n) is 9.12. The van der Waals surface area contributed by atoms with Crippen LogP contribution in [-0.4, -0.2) is 23.9 Å². The second-order valence-electron chi connectivity index (χ2n) is 12.3. The molecule has 4 aromatic rings. The predicted molar refractivity (Wildman–Crippen MR) is 164 cm³/mol. The standard InChI is InChI=1S/C34H38N4O3S/c1-23-13-17-27(18-14-23)42(40,41)36-29-12-8-11-24-15-16-26(21-28(24)29)38(22-30-35-19-20-37(30)4)33(39)32-31(34(32,2)3)25-9-6-5-7-10-25/h5-7,9-10,13-21,29,31-32,36H,8,11-12,22H2,1-4H3/t29-,31-,32+/m0/s1. The van der Waals surface area contributed by atoms with E-state index in [0.717, 1.165) is 41.0 Å². The molecule has 6 rings (SSSR count). The van der Waals surface area contributed by atoms with Gasteiger partial charge in [0.15, 0.2) is 0 Å². The molecule has 218 valence electrons. The van der Waals surface area contributed by atoms with Gasteiger partial charge in [-0.25, -0.2) is 18.1 Å². The monoisotopic (exact) mass is 582 g/mol. The summed E-state index contributed by atoms with van der Waals surface area (Å²) in [5, 5.41) is 0. The normalized spacial score (nSPS) is 21.0. The molecule has 1 aromatic heterocycles. The fourth-order valence-corrected chi connectivity index (χ4v) is 7.84. The number of rotatable bonds is 8. The topological polar surface area (TPSA) is 84.3 Å². The minimum atomic E-state index is -3.72. The molecule has 8 heteroatoms. The maximum Gasteiger partial charge on any atom is 0.241 e. The molecule has 1 saturated carbocycles. The third-order valence-corrected chi connectivity index (χ3v) is 10.6. The van der Waals surface area contributed by atoms with Crippen LogP contribution in [0.4, 0.5) is 5.69 Å². The number of benzene rings is 3. The highest BCUT2D eigenvalue weighted by Crippen LogP contribution is 2.65. The molecule has 0 bridgehead atoms. The highest BCUT2D eigenvalue weighted by molar-refractivity contribution is 7.89. The van der Waals surface area contributed by atoms with Crippen molar-refractivity contribution in [1.82, 2.24) is 14.3 Å². The first-order chi connectivity index (χ1) is 20.1. The molecule has 0 unspecified atom stereocenters. The third kappa shape index (κ3) is 5.29. The second-order valence-corrected chi connectivity index (χ2v) is 14.0. The number of aryl methyl sites for hydroxylation is 3. The molecule has 1 amide bonds. The van der Waals surface area contributed by atoms with Crippen LogP contribution in [0.2, 0.25) is 0 Å². The van der Waals surface area contributed by atoms with Crippen molar-refractivity contribution in [1.29, 1.82) is 0 Å². The Morgan fingerprint density at radius 2 is 1.81 bits per heavy atom. The fraction of sp³-hybridized carbons (Fsp3) is 0.353. The van der Waals surface area contributed by atoms with Crippen LogP contribution in [-0.2, 0) is 34.8 Å². The van der Waals surface area contributed by atoms with Crippen molar-refractivity contribution in [3.63, 3.8) is 0 Å². The summed E-state index contributed by atoms with van der Waals surface area (Å²) in [4.78, 5) is 21.0. The number of nitrogens with one attached hydrogen (secondary N) is 1. The number of carbonyl (C=O) groups is 1. The number of hydrogen-bond acceptors (Lipinski definition) is 4. The summed E-state index contributed by atoms with van der Waals surface area (Å²) < 4.78 is 31.6. The Labute approximate surface area is 248 Å². The number of imidazole rings is 1. The van der Waals surface area contributed by atoms with E-state index in [4.69, 9.17) is 0 Å². The maximum atomic E-state index is 14.4. The van der Waals surface area contributed by atoms with E-state index < -0.39 is 10.0 Å². The molecular formula is C34H38N4O3S. The van der Waals surface area contributed by atoms with Crippen LogP contribution in [0, 0.1) is 18.3 Å². The molecule has 0 aliphatic heterocycles. The van der Waals surface area contributed by atoms with Crippen molar-refractivity contribution in [3.05, 3.63) is 113 Å². The van der Waals surface area contributed by atoms with E-state index in [9.17, 15) is 13.2 Å². The average molecular weight is 583 g/mol. The summed E-state index contributed by atoms with van der Waals surface area (Å²) >= 11 is 0. The minimum absolute atomic E-state index is 0.0596. The Kier molecular flexibility index (Phi) is 7.31. The van der Waals surface area contributed by atoms with Gasteiger partial charge < -0.3 is 9.47 Å². The Hall–Kier alpha value is -3.75. The van der Waals surface area contributed by atoms with Crippen LogP contribution < -0.4 is 9.62 Å². The van der Waals surface area contributed by atoms with Gasteiger partial charge >= 0.3 is 0 Å². The predicted octanol–water partition coefficient (Wildman–Crippen LogP) is 6.06. The lowest BCUT2D eigenvalue weighted by atomic mass is 9.87. The van der Waals surface area contributed by atoms with Gasteiger partial charge in [-0.05, 0) is 72.6 Å². The summed E-state index contributed by atoms with van der Waals surface area (Å²) in [6, 6.07) is 22.9. The molecule has 42 heavy (non-hydrogen) atoms. The lowest BCUT2D eigenvalue weighted by Crippen LogP contribution is -2.35. The zero-order valence-corrected chi connectivity index (χ0v) is 25.4. The SMILES string of the molecule is Cc1ccc(S(=O)(=O)N[C@H]2CCCc3ccc(N(Cc4nccn4C)C(=O)[C@H]4[C@H](c5ccccc5)C4(C)C)cc32)cc1. The van der Waals surface area contributed by atoms with Crippen LogP contribution in [0.3, 0.4) is 0 Å². The van der Waals surface area contributed by atoms with E-state index in [1.165, 1.54) is 5.56 Å². The molecule has 0 spiro atoms. The number of sulfonamides is 1. The summed E-state index contributed by atoms with van der Waals surface area (Å²) in [6.45, 7) is 6.59. The molecule has 3 aromatic carbocycles. The number of nitrogens with zero attached hydrogens (tertiary/aromatic N) is 3. The lowest BCUT2D eigenvalue weighted by molar-refractivity contribution is -0.120. The van der Waals surface area contributed by atoms with Gasteiger partial charge in [-0.3, -0.25) is 4.79 Å². The highest BCUT2D eigenvalue weighted by Gasteiger charge is 2.63. The van der Waals surface area contributed by atoms with Crippen LogP contribution in [0.15, 0.2) is 90.1 Å². The Morgan fingerprint density at radius 1 is 1.07 bits per heavy atom. The lowest BCUT2D eigenvalue weighted by Gasteiger charge is -2.30.